The molecule has 0 fully saturated rings. The topological polar surface area (TPSA) is 68.3 Å². The van der Waals surface area contributed by atoms with Crippen molar-refractivity contribution in [1.82, 2.24) is 4.98 Å². The number of ether oxygens (including phenoxy) is 1. The molecule has 0 atom stereocenters. The van der Waals surface area contributed by atoms with Gasteiger partial charge in [-0.2, -0.15) is 0 Å². The van der Waals surface area contributed by atoms with Crippen LogP contribution in [0.4, 0.5) is 5.69 Å². The fourth-order valence-corrected chi connectivity index (χ4v) is 3.70. The maximum absolute atomic E-state index is 12.9. The van der Waals surface area contributed by atoms with E-state index in [2.05, 4.69) is 10.3 Å². The lowest BCUT2D eigenvalue weighted by molar-refractivity contribution is -0.119. The minimum Gasteiger partial charge on any atom is -0.452 e. The SMILES string of the molecule is Cc1ccc(C)c(NC(=O)COC(=O)c2c3c(nc4ccccc24)CCC3)c1. The highest BCUT2D eigenvalue weighted by Gasteiger charge is 2.25. The Kier molecular flexibility index (Phi) is 4.82. The minimum atomic E-state index is -0.465. The molecule has 2 aromatic carbocycles. The molecule has 0 radical (unpaired) electrons. The van der Waals surface area contributed by atoms with Crippen LogP contribution in [0.15, 0.2) is 42.5 Å². The number of nitrogens with one attached hydrogen (secondary N) is 1. The van der Waals surface area contributed by atoms with Gasteiger partial charge in [0.15, 0.2) is 6.61 Å². The van der Waals surface area contributed by atoms with Gasteiger partial charge in [-0.1, -0.05) is 30.3 Å². The highest BCUT2D eigenvalue weighted by molar-refractivity contribution is 6.06. The normalized spacial score (nSPS) is 12.6. The predicted octanol–water partition coefficient (Wildman–Crippen LogP) is 4.14. The van der Waals surface area contributed by atoms with E-state index in [-0.39, 0.29) is 12.5 Å². The summed E-state index contributed by atoms with van der Waals surface area (Å²) in [5, 5.41) is 3.60. The molecule has 1 aliphatic carbocycles. The van der Waals surface area contributed by atoms with Crippen molar-refractivity contribution in [3.05, 3.63) is 70.4 Å². The number of amides is 1. The Bertz CT molecular complexity index is 1090. The molecule has 3 aromatic rings. The quantitative estimate of drug-likeness (QED) is 0.697. The van der Waals surface area contributed by atoms with Crippen LogP contribution in [0.3, 0.4) is 0 Å². The highest BCUT2D eigenvalue weighted by atomic mass is 16.5. The number of aryl methyl sites for hydroxylation is 3. The van der Waals surface area contributed by atoms with Gasteiger partial charge in [0.1, 0.15) is 0 Å². The average molecular weight is 374 g/mol. The molecule has 1 aromatic heterocycles. The van der Waals surface area contributed by atoms with Crippen LogP contribution in [-0.2, 0) is 22.4 Å². The van der Waals surface area contributed by atoms with Gasteiger partial charge in [0.2, 0.25) is 0 Å². The van der Waals surface area contributed by atoms with Crippen LogP contribution in [0.25, 0.3) is 10.9 Å². The van der Waals surface area contributed by atoms with Crippen LogP contribution in [0.1, 0.15) is 39.2 Å². The highest BCUT2D eigenvalue weighted by Crippen LogP contribution is 2.30. The van der Waals surface area contributed by atoms with E-state index < -0.39 is 5.97 Å². The fraction of sp³-hybridized carbons (Fsp3) is 0.261. The molecule has 28 heavy (non-hydrogen) atoms. The largest absolute Gasteiger partial charge is 0.452 e. The number of rotatable bonds is 4. The number of hydrogen-bond donors (Lipinski definition) is 1. The second kappa shape index (κ2) is 7.43. The number of hydrogen-bond acceptors (Lipinski definition) is 4. The Morgan fingerprint density at radius 3 is 2.79 bits per heavy atom. The zero-order chi connectivity index (χ0) is 19.7. The number of pyridine rings is 1. The van der Waals surface area contributed by atoms with E-state index >= 15 is 0 Å². The maximum Gasteiger partial charge on any atom is 0.339 e. The smallest absolute Gasteiger partial charge is 0.339 e. The summed E-state index contributed by atoms with van der Waals surface area (Å²) in [6.45, 7) is 3.56. The van der Waals surface area contributed by atoms with Crippen molar-refractivity contribution in [1.29, 1.82) is 0 Å². The molecular weight excluding hydrogens is 352 g/mol. The van der Waals surface area contributed by atoms with Gasteiger partial charge < -0.3 is 10.1 Å². The Hall–Kier alpha value is -3.21. The van der Waals surface area contributed by atoms with Gasteiger partial charge in [-0.25, -0.2) is 4.79 Å². The molecule has 1 aliphatic rings. The van der Waals surface area contributed by atoms with Gasteiger partial charge in [-0.05, 0) is 61.9 Å². The molecule has 142 valence electrons. The Morgan fingerprint density at radius 2 is 1.93 bits per heavy atom. The molecule has 5 nitrogen and oxygen atoms in total. The summed E-state index contributed by atoms with van der Waals surface area (Å²) in [6.07, 6.45) is 2.66. The number of benzene rings is 2. The number of carbonyl (C=O) groups excluding carboxylic acids is 2. The molecule has 0 spiro atoms. The van der Waals surface area contributed by atoms with Crippen molar-refractivity contribution in [3.63, 3.8) is 0 Å². The van der Waals surface area contributed by atoms with Crippen LogP contribution < -0.4 is 5.32 Å². The average Bonchev–Trinajstić information content (AvgIpc) is 3.15. The summed E-state index contributed by atoms with van der Waals surface area (Å²) in [7, 11) is 0. The molecule has 1 amide bonds. The molecule has 0 unspecified atom stereocenters. The Morgan fingerprint density at radius 1 is 1.11 bits per heavy atom. The van der Waals surface area contributed by atoms with Crippen LogP contribution in [0.5, 0.6) is 0 Å². The van der Waals surface area contributed by atoms with Gasteiger partial charge >= 0.3 is 5.97 Å². The molecule has 0 bridgehead atoms. The number of esters is 1. The first-order valence-electron chi connectivity index (χ1n) is 9.47. The van der Waals surface area contributed by atoms with Gasteiger partial charge in [0.25, 0.3) is 5.91 Å². The number of aromatic nitrogens is 1. The summed E-state index contributed by atoms with van der Waals surface area (Å²) >= 11 is 0. The number of fused-ring (bicyclic) bond motifs is 2. The van der Waals surface area contributed by atoms with Crippen LogP contribution in [-0.4, -0.2) is 23.5 Å². The second-order valence-corrected chi connectivity index (χ2v) is 7.23. The lowest BCUT2D eigenvalue weighted by atomic mass is 10.0. The minimum absolute atomic E-state index is 0.322. The Balaban J connectivity index is 1.53. The number of nitrogens with zero attached hydrogens (tertiary/aromatic N) is 1. The van der Waals surface area contributed by atoms with E-state index in [0.29, 0.717) is 5.56 Å². The summed E-state index contributed by atoms with van der Waals surface area (Å²) in [4.78, 5) is 29.9. The summed E-state index contributed by atoms with van der Waals surface area (Å²) in [6, 6.07) is 13.4. The predicted molar refractivity (Wildman–Crippen MR) is 109 cm³/mol. The lowest BCUT2D eigenvalue weighted by Crippen LogP contribution is -2.22. The lowest BCUT2D eigenvalue weighted by Gasteiger charge is -2.13. The first-order valence-corrected chi connectivity index (χ1v) is 9.47. The van der Waals surface area contributed by atoms with Crippen LogP contribution >= 0.6 is 0 Å². The van der Waals surface area contributed by atoms with E-state index in [9.17, 15) is 9.59 Å². The van der Waals surface area contributed by atoms with Gasteiger partial charge in [0, 0.05) is 16.8 Å². The summed E-state index contributed by atoms with van der Waals surface area (Å²) < 4.78 is 5.39. The molecule has 5 heteroatoms. The molecule has 1 N–H and O–H groups in total. The van der Waals surface area contributed by atoms with E-state index in [1.807, 2.05) is 56.3 Å². The Labute approximate surface area is 163 Å². The number of para-hydroxylation sites is 1. The zero-order valence-corrected chi connectivity index (χ0v) is 16.0. The van der Waals surface area contributed by atoms with Crippen molar-refractivity contribution in [2.75, 3.05) is 11.9 Å². The standard InChI is InChI=1S/C23H22N2O3/c1-14-10-11-15(2)20(12-14)25-21(26)13-28-23(27)22-16-6-3-4-8-18(16)24-19-9-5-7-17(19)22/h3-4,6,8,10-12H,5,7,9,13H2,1-2H3,(H,25,26). The van der Waals surface area contributed by atoms with E-state index in [1.165, 1.54) is 0 Å². The van der Waals surface area contributed by atoms with Crippen molar-refractivity contribution in [2.24, 2.45) is 0 Å². The van der Waals surface area contributed by atoms with Gasteiger partial charge in [-0.3, -0.25) is 9.78 Å². The molecule has 0 saturated heterocycles. The van der Waals surface area contributed by atoms with Crippen molar-refractivity contribution in [3.8, 4) is 0 Å². The first kappa shape index (κ1) is 18.2. The molecule has 0 saturated carbocycles. The molecule has 0 aliphatic heterocycles. The number of carbonyl (C=O) groups is 2. The van der Waals surface area contributed by atoms with Crippen molar-refractivity contribution >= 4 is 28.5 Å². The third-order valence-corrected chi connectivity index (χ3v) is 5.12. The van der Waals surface area contributed by atoms with E-state index in [1.54, 1.807) is 0 Å². The third kappa shape index (κ3) is 3.48. The van der Waals surface area contributed by atoms with Crippen molar-refractivity contribution < 1.29 is 14.3 Å². The summed E-state index contributed by atoms with van der Waals surface area (Å²) in [5.74, 6) is -0.815. The maximum atomic E-state index is 12.9. The van der Waals surface area contributed by atoms with Gasteiger partial charge in [0.05, 0.1) is 11.1 Å². The van der Waals surface area contributed by atoms with Crippen LogP contribution in [0, 0.1) is 13.8 Å². The van der Waals surface area contributed by atoms with Crippen LogP contribution in [0.2, 0.25) is 0 Å². The molecule has 4 rings (SSSR count). The summed E-state index contributed by atoms with van der Waals surface area (Å²) in [5.41, 5.74) is 6.01. The third-order valence-electron chi connectivity index (χ3n) is 5.12. The van der Waals surface area contributed by atoms with E-state index in [4.69, 9.17) is 4.74 Å². The first-order chi connectivity index (χ1) is 13.5. The molecular formula is C23H22N2O3. The zero-order valence-electron chi connectivity index (χ0n) is 16.0. The fourth-order valence-electron chi connectivity index (χ4n) is 3.70. The molecule has 1 heterocycles. The van der Waals surface area contributed by atoms with Gasteiger partial charge in [-0.15, -0.1) is 0 Å². The second-order valence-electron chi connectivity index (χ2n) is 7.23. The number of anilines is 1. The van der Waals surface area contributed by atoms with E-state index in [0.717, 1.165) is 58.2 Å². The monoisotopic (exact) mass is 374 g/mol. The van der Waals surface area contributed by atoms with Crippen molar-refractivity contribution in [2.45, 2.75) is 33.1 Å².